The number of nitrogens with zero attached hydrogens (tertiary/aromatic N) is 3. The van der Waals surface area contributed by atoms with Gasteiger partial charge in [0.15, 0.2) is 17.4 Å². The maximum Gasteiger partial charge on any atom is 0.237 e. The van der Waals surface area contributed by atoms with Crippen molar-refractivity contribution in [2.24, 2.45) is 5.92 Å². The molecule has 152 valence electrons. The number of rotatable bonds is 6. The zero-order valence-electron chi connectivity index (χ0n) is 16.6. The van der Waals surface area contributed by atoms with Gasteiger partial charge in [-0.3, -0.25) is 9.88 Å². The van der Waals surface area contributed by atoms with Gasteiger partial charge in [0.05, 0.1) is 6.61 Å². The van der Waals surface area contributed by atoms with Crippen LogP contribution in [-0.2, 0) is 6.54 Å². The third-order valence-corrected chi connectivity index (χ3v) is 4.60. The fourth-order valence-electron chi connectivity index (χ4n) is 3.18. The molecule has 0 unspecified atom stereocenters. The Morgan fingerprint density at radius 3 is 2.36 bits per heavy atom. The first-order valence-electron chi connectivity index (χ1n) is 9.60. The van der Waals surface area contributed by atoms with Gasteiger partial charge in [-0.1, -0.05) is 6.07 Å². The van der Waals surface area contributed by atoms with Crippen LogP contribution in [0.4, 0.5) is 8.78 Å². The lowest BCUT2D eigenvalue weighted by molar-refractivity contribution is 0.111. The Hall–Kier alpha value is -2.28. The molecule has 0 atom stereocenters. The molecule has 0 bridgehead atoms. The van der Waals surface area contributed by atoms with Crippen LogP contribution in [0.2, 0.25) is 0 Å². The third kappa shape index (κ3) is 5.61. The monoisotopic (exact) mass is 391 g/mol. The zero-order valence-corrected chi connectivity index (χ0v) is 16.6. The van der Waals surface area contributed by atoms with E-state index in [9.17, 15) is 8.78 Å². The molecular weight excluding hydrogens is 364 g/mol. The summed E-state index contributed by atoms with van der Waals surface area (Å²) in [6.45, 7) is 8.64. The van der Waals surface area contributed by atoms with Gasteiger partial charge in [-0.05, 0) is 64.8 Å². The molecule has 3 rings (SSSR count). The molecule has 7 heteroatoms. The molecule has 1 aromatic heterocycles. The van der Waals surface area contributed by atoms with Crippen LogP contribution >= 0.6 is 0 Å². The van der Waals surface area contributed by atoms with Crippen molar-refractivity contribution in [3.63, 3.8) is 0 Å². The van der Waals surface area contributed by atoms with Crippen LogP contribution in [-0.4, -0.2) is 40.2 Å². The van der Waals surface area contributed by atoms with Crippen LogP contribution < -0.4 is 9.47 Å². The SMILES string of the molecule is CC(C)(C)Oc1nccnc1CN1CCC(COc2c(F)cccc2F)CC1. The molecule has 1 aliphatic rings. The summed E-state index contributed by atoms with van der Waals surface area (Å²) in [5.74, 6) is -0.774. The fraction of sp³-hybridized carbons (Fsp3) is 0.524. The second-order valence-corrected chi connectivity index (χ2v) is 8.10. The van der Waals surface area contributed by atoms with E-state index in [-0.39, 0.29) is 17.3 Å². The van der Waals surface area contributed by atoms with Gasteiger partial charge in [-0.15, -0.1) is 0 Å². The van der Waals surface area contributed by atoms with Crippen molar-refractivity contribution in [1.82, 2.24) is 14.9 Å². The number of hydrogen-bond donors (Lipinski definition) is 0. The van der Waals surface area contributed by atoms with Crippen molar-refractivity contribution in [1.29, 1.82) is 0 Å². The van der Waals surface area contributed by atoms with Crippen LogP contribution in [0.3, 0.4) is 0 Å². The predicted octanol–water partition coefficient (Wildman–Crippen LogP) is 4.22. The van der Waals surface area contributed by atoms with Gasteiger partial charge in [0.1, 0.15) is 11.3 Å². The number of aromatic nitrogens is 2. The van der Waals surface area contributed by atoms with Crippen LogP contribution in [0.1, 0.15) is 39.3 Å². The Morgan fingerprint density at radius 2 is 1.71 bits per heavy atom. The highest BCUT2D eigenvalue weighted by Gasteiger charge is 2.23. The summed E-state index contributed by atoms with van der Waals surface area (Å²) in [6, 6.07) is 3.75. The van der Waals surface area contributed by atoms with Crippen molar-refractivity contribution in [3.05, 3.63) is 47.9 Å². The maximum atomic E-state index is 13.7. The molecule has 1 aliphatic heterocycles. The van der Waals surface area contributed by atoms with Crippen LogP contribution in [0, 0.1) is 17.6 Å². The van der Waals surface area contributed by atoms with Crippen molar-refractivity contribution in [2.75, 3.05) is 19.7 Å². The first-order chi connectivity index (χ1) is 13.3. The molecule has 28 heavy (non-hydrogen) atoms. The minimum Gasteiger partial charge on any atom is -0.487 e. The Morgan fingerprint density at radius 1 is 1.07 bits per heavy atom. The molecule has 5 nitrogen and oxygen atoms in total. The molecule has 0 aliphatic carbocycles. The van der Waals surface area contributed by atoms with E-state index in [1.54, 1.807) is 12.4 Å². The van der Waals surface area contributed by atoms with E-state index in [0.717, 1.165) is 31.6 Å². The molecule has 0 N–H and O–H groups in total. The molecule has 2 heterocycles. The van der Waals surface area contributed by atoms with Gasteiger partial charge in [0, 0.05) is 18.9 Å². The van der Waals surface area contributed by atoms with Crippen molar-refractivity contribution in [2.45, 2.75) is 45.8 Å². The summed E-state index contributed by atoms with van der Waals surface area (Å²) >= 11 is 0. The van der Waals surface area contributed by atoms with E-state index >= 15 is 0 Å². The highest BCUT2D eigenvalue weighted by atomic mass is 19.1. The summed E-state index contributed by atoms with van der Waals surface area (Å²) in [4.78, 5) is 11.0. The van der Waals surface area contributed by atoms with Gasteiger partial charge in [0.25, 0.3) is 0 Å². The quantitative estimate of drug-likeness (QED) is 0.738. The van der Waals surface area contributed by atoms with E-state index in [2.05, 4.69) is 14.9 Å². The number of halogens is 2. The largest absolute Gasteiger partial charge is 0.487 e. The second kappa shape index (κ2) is 8.82. The second-order valence-electron chi connectivity index (χ2n) is 8.10. The zero-order chi connectivity index (χ0) is 20.1. The molecule has 1 saturated heterocycles. The normalized spacial score (nSPS) is 16.2. The van der Waals surface area contributed by atoms with Gasteiger partial charge in [-0.25, -0.2) is 13.8 Å². The Kier molecular flexibility index (Phi) is 6.44. The third-order valence-electron chi connectivity index (χ3n) is 4.60. The van der Waals surface area contributed by atoms with Crippen LogP contribution in [0.25, 0.3) is 0 Å². The highest BCUT2D eigenvalue weighted by molar-refractivity contribution is 5.26. The first-order valence-corrected chi connectivity index (χ1v) is 9.60. The number of hydrogen-bond acceptors (Lipinski definition) is 5. The van der Waals surface area contributed by atoms with Crippen LogP contribution in [0.15, 0.2) is 30.6 Å². The van der Waals surface area contributed by atoms with E-state index in [1.807, 2.05) is 20.8 Å². The number of piperidine rings is 1. The highest BCUT2D eigenvalue weighted by Crippen LogP contribution is 2.26. The molecule has 0 radical (unpaired) electrons. The molecule has 1 aromatic carbocycles. The van der Waals surface area contributed by atoms with E-state index in [4.69, 9.17) is 9.47 Å². The summed E-state index contributed by atoms with van der Waals surface area (Å²) in [5.41, 5.74) is 0.484. The fourth-order valence-corrected chi connectivity index (χ4v) is 3.18. The summed E-state index contributed by atoms with van der Waals surface area (Å²) in [6.07, 6.45) is 5.10. The number of ether oxygens (including phenoxy) is 2. The summed E-state index contributed by atoms with van der Waals surface area (Å²) < 4.78 is 38.7. The topological polar surface area (TPSA) is 47.5 Å². The molecular formula is C21H27F2N3O2. The summed E-state index contributed by atoms with van der Waals surface area (Å²) in [5, 5.41) is 0. The lowest BCUT2D eigenvalue weighted by atomic mass is 9.97. The van der Waals surface area contributed by atoms with Crippen molar-refractivity contribution >= 4 is 0 Å². The van der Waals surface area contributed by atoms with Crippen LogP contribution in [0.5, 0.6) is 11.6 Å². The van der Waals surface area contributed by atoms with E-state index in [0.29, 0.717) is 19.0 Å². The van der Waals surface area contributed by atoms with Crippen molar-refractivity contribution < 1.29 is 18.3 Å². The Balaban J connectivity index is 1.51. The summed E-state index contributed by atoms with van der Waals surface area (Å²) in [7, 11) is 0. The van der Waals surface area contributed by atoms with Gasteiger partial charge in [0.2, 0.25) is 5.88 Å². The van der Waals surface area contributed by atoms with Gasteiger partial charge < -0.3 is 9.47 Å². The number of para-hydroxylation sites is 1. The first kappa shape index (κ1) is 20.5. The van der Waals surface area contributed by atoms with Gasteiger partial charge >= 0.3 is 0 Å². The number of likely N-dealkylation sites (tertiary alicyclic amines) is 1. The Bertz CT molecular complexity index is 767. The smallest absolute Gasteiger partial charge is 0.237 e. The molecule has 2 aromatic rings. The van der Waals surface area contributed by atoms with Crippen molar-refractivity contribution in [3.8, 4) is 11.6 Å². The lowest BCUT2D eigenvalue weighted by Gasteiger charge is -2.32. The number of benzene rings is 1. The van der Waals surface area contributed by atoms with E-state index < -0.39 is 11.6 Å². The average Bonchev–Trinajstić information content (AvgIpc) is 2.63. The lowest BCUT2D eigenvalue weighted by Crippen LogP contribution is -2.35. The predicted molar refractivity (Wildman–Crippen MR) is 102 cm³/mol. The molecule has 0 amide bonds. The standard InChI is InChI=1S/C21H27F2N3O2/c1-21(2,3)28-20-18(24-9-10-25-20)13-26-11-7-15(8-12-26)14-27-19-16(22)5-4-6-17(19)23/h4-6,9-10,15H,7-8,11-14H2,1-3H3. The maximum absolute atomic E-state index is 13.7. The van der Waals surface area contributed by atoms with Gasteiger partial charge in [-0.2, -0.15) is 0 Å². The average molecular weight is 391 g/mol. The minimum atomic E-state index is -0.661. The molecule has 0 saturated carbocycles. The molecule has 1 fully saturated rings. The molecule has 0 spiro atoms. The Labute approximate surface area is 164 Å². The van der Waals surface area contributed by atoms with E-state index in [1.165, 1.54) is 18.2 Å². The minimum absolute atomic E-state index is 0.266.